The Bertz CT molecular complexity index is 1040. The van der Waals surface area contributed by atoms with Crippen molar-refractivity contribution in [1.29, 1.82) is 0 Å². The zero-order valence-corrected chi connectivity index (χ0v) is 24.6. The molecule has 3 rings (SSSR count). The van der Waals surface area contributed by atoms with Gasteiger partial charge in [0.05, 0.1) is 6.04 Å². The summed E-state index contributed by atoms with van der Waals surface area (Å²) in [5.74, 6) is -0.218. The molecule has 220 valence electrons. The van der Waals surface area contributed by atoms with Crippen molar-refractivity contribution in [2.75, 3.05) is 26.7 Å². The van der Waals surface area contributed by atoms with Crippen molar-refractivity contribution in [2.24, 2.45) is 11.7 Å². The SMILES string of the molecule is CCC(C)[C@H](NC(=O)[C@H](C)NC)C(=O)N1CCC[C@H]1CN(CCc1ccccc1)C(O)[C@H](N)Cc1ccccc1. The van der Waals surface area contributed by atoms with Gasteiger partial charge in [0.15, 0.2) is 0 Å². The lowest BCUT2D eigenvalue weighted by Gasteiger charge is -2.37. The number of aliphatic hydroxyl groups is 1. The summed E-state index contributed by atoms with van der Waals surface area (Å²) in [6.07, 6.45) is 2.99. The molecule has 5 N–H and O–H groups in total. The van der Waals surface area contributed by atoms with Gasteiger partial charge in [-0.1, -0.05) is 80.9 Å². The molecule has 1 saturated heterocycles. The van der Waals surface area contributed by atoms with Gasteiger partial charge in [-0.05, 0) is 56.7 Å². The van der Waals surface area contributed by atoms with Crippen LogP contribution in [0, 0.1) is 5.92 Å². The summed E-state index contributed by atoms with van der Waals surface area (Å²) in [6.45, 7) is 7.63. The number of nitrogens with two attached hydrogens (primary N) is 1. The Balaban J connectivity index is 1.77. The predicted octanol–water partition coefficient (Wildman–Crippen LogP) is 2.55. The van der Waals surface area contributed by atoms with Crippen molar-refractivity contribution >= 4 is 11.8 Å². The van der Waals surface area contributed by atoms with Gasteiger partial charge in [-0.15, -0.1) is 0 Å². The van der Waals surface area contributed by atoms with Gasteiger partial charge in [0, 0.05) is 31.7 Å². The van der Waals surface area contributed by atoms with Crippen LogP contribution in [0.15, 0.2) is 60.7 Å². The number of nitrogens with zero attached hydrogens (tertiary/aromatic N) is 2. The van der Waals surface area contributed by atoms with Crippen molar-refractivity contribution in [1.82, 2.24) is 20.4 Å². The van der Waals surface area contributed by atoms with Crippen molar-refractivity contribution in [3.63, 3.8) is 0 Å². The summed E-state index contributed by atoms with van der Waals surface area (Å²) >= 11 is 0. The van der Waals surface area contributed by atoms with E-state index in [1.165, 1.54) is 5.56 Å². The molecule has 40 heavy (non-hydrogen) atoms. The molecule has 8 nitrogen and oxygen atoms in total. The highest BCUT2D eigenvalue weighted by Gasteiger charge is 2.38. The number of benzene rings is 2. The predicted molar refractivity (Wildman–Crippen MR) is 160 cm³/mol. The Hall–Kier alpha value is -2.78. The fourth-order valence-electron chi connectivity index (χ4n) is 5.37. The highest BCUT2D eigenvalue weighted by molar-refractivity contribution is 5.90. The summed E-state index contributed by atoms with van der Waals surface area (Å²) in [5, 5.41) is 17.4. The molecule has 6 atom stereocenters. The van der Waals surface area contributed by atoms with Crippen molar-refractivity contribution in [3.05, 3.63) is 71.8 Å². The summed E-state index contributed by atoms with van der Waals surface area (Å²) < 4.78 is 0. The number of nitrogens with one attached hydrogen (secondary N) is 2. The Labute approximate surface area is 240 Å². The van der Waals surface area contributed by atoms with E-state index in [0.29, 0.717) is 26.1 Å². The van der Waals surface area contributed by atoms with E-state index in [-0.39, 0.29) is 29.8 Å². The molecule has 1 heterocycles. The lowest BCUT2D eigenvalue weighted by Crippen LogP contribution is -2.58. The van der Waals surface area contributed by atoms with E-state index in [1.54, 1.807) is 14.0 Å². The van der Waals surface area contributed by atoms with Crippen LogP contribution in [-0.4, -0.2) is 83.8 Å². The number of carbonyl (C=O) groups excluding carboxylic acids is 2. The first-order valence-electron chi connectivity index (χ1n) is 14.8. The largest absolute Gasteiger partial charge is 0.377 e. The van der Waals surface area contributed by atoms with E-state index in [0.717, 1.165) is 31.2 Å². The van der Waals surface area contributed by atoms with Crippen molar-refractivity contribution < 1.29 is 14.7 Å². The zero-order chi connectivity index (χ0) is 29.1. The molecule has 8 heteroatoms. The first kappa shape index (κ1) is 31.7. The van der Waals surface area contributed by atoms with Crippen LogP contribution < -0.4 is 16.4 Å². The summed E-state index contributed by atoms with van der Waals surface area (Å²) in [4.78, 5) is 30.6. The fraction of sp³-hybridized carbons (Fsp3) is 0.562. The topological polar surface area (TPSA) is 111 Å². The third-order valence-corrected chi connectivity index (χ3v) is 8.31. The van der Waals surface area contributed by atoms with Gasteiger partial charge in [0.2, 0.25) is 11.8 Å². The highest BCUT2D eigenvalue weighted by Crippen LogP contribution is 2.23. The average Bonchev–Trinajstić information content (AvgIpc) is 3.45. The van der Waals surface area contributed by atoms with E-state index in [1.807, 2.05) is 72.2 Å². The molecule has 0 aliphatic carbocycles. The van der Waals surface area contributed by atoms with Crippen LogP contribution in [0.4, 0.5) is 0 Å². The number of amides is 2. The van der Waals surface area contributed by atoms with Gasteiger partial charge in [0.25, 0.3) is 0 Å². The second-order valence-corrected chi connectivity index (χ2v) is 11.2. The lowest BCUT2D eigenvalue weighted by molar-refractivity contribution is -0.139. The van der Waals surface area contributed by atoms with E-state index in [9.17, 15) is 14.7 Å². The molecule has 2 aromatic rings. The number of likely N-dealkylation sites (tertiary alicyclic amines) is 1. The van der Waals surface area contributed by atoms with Crippen LogP contribution in [0.3, 0.4) is 0 Å². The minimum atomic E-state index is -0.858. The van der Waals surface area contributed by atoms with E-state index >= 15 is 0 Å². The van der Waals surface area contributed by atoms with Crippen LogP contribution in [0.25, 0.3) is 0 Å². The quantitative estimate of drug-likeness (QED) is 0.253. The Morgan fingerprint density at radius 3 is 2.30 bits per heavy atom. The summed E-state index contributed by atoms with van der Waals surface area (Å²) in [6, 6.07) is 18.7. The second-order valence-electron chi connectivity index (χ2n) is 11.2. The normalized spacial score (nSPS) is 19.2. The van der Waals surface area contributed by atoms with Crippen LogP contribution >= 0.6 is 0 Å². The van der Waals surface area contributed by atoms with Gasteiger partial charge < -0.3 is 26.4 Å². The monoisotopic (exact) mass is 551 g/mol. The smallest absolute Gasteiger partial charge is 0.245 e. The maximum Gasteiger partial charge on any atom is 0.245 e. The highest BCUT2D eigenvalue weighted by atomic mass is 16.3. The number of likely N-dealkylation sites (N-methyl/N-ethyl adjacent to an activating group) is 1. The first-order valence-corrected chi connectivity index (χ1v) is 14.8. The maximum absolute atomic E-state index is 13.9. The van der Waals surface area contributed by atoms with Gasteiger partial charge in [-0.25, -0.2) is 0 Å². The van der Waals surface area contributed by atoms with Gasteiger partial charge in [-0.3, -0.25) is 14.5 Å². The number of rotatable bonds is 15. The molecule has 1 aliphatic rings. The van der Waals surface area contributed by atoms with Crippen molar-refractivity contribution in [2.45, 2.75) is 83.3 Å². The van der Waals surface area contributed by atoms with Crippen LogP contribution in [0.1, 0.15) is 51.2 Å². The average molecular weight is 552 g/mol. The van der Waals surface area contributed by atoms with Gasteiger partial charge in [-0.2, -0.15) is 0 Å². The van der Waals surface area contributed by atoms with E-state index in [2.05, 4.69) is 22.8 Å². The summed E-state index contributed by atoms with van der Waals surface area (Å²) in [5.41, 5.74) is 8.83. The second kappa shape index (κ2) is 15.9. The van der Waals surface area contributed by atoms with Gasteiger partial charge in [0.1, 0.15) is 12.3 Å². The molecule has 0 radical (unpaired) electrons. The Morgan fingerprint density at radius 1 is 1.07 bits per heavy atom. The molecule has 1 fully saturated rings. The number of aliphatic hydroxyl groups excluding tert-OH is 1. The van der Waals surface area contributed by atoms with Crippen LogP contribution in [0.5, 0.6) is 0 Å². The molecular weight excluding hydrogens is 502 g/mol. The molecular formula is C32H49N5O3. The number of hydrogen-bond acceptors (Lipinski definition) is 6. The first-order chi connectivity index (χ1) is 19.2. The third kappa shape index (κ3) is 8.86. The number of carbonyl (C=O) groups is 2. The molecule has 1 aliphatic heterocycles. The molecule has 0 spiro atoms. The minimum Gasteiger partial charge on any atom is -0.377 e. The Morgan fingerprint density at radius 2 is 1.70 bits per heavy atom. The van der Waals surface area contributed by atoms with Crippen LogP contribution in [0.2, 0.25) is 0 Å². The molecule has 2 unspecified atom stereocenters. The fourth-order valence-corrected chi connectivity index (χ4v) is 5.37. The number of hydrogen-bond donors (Lipinski definition) is 4. The maximum atomic E-state index is 13.9. The lowest BCUT2D eigenvalue weighted by atomic mass is 9.97. The molecule has 2 aromatic carbocycles. The minimum absolute atomic E-state index is 0.000764. The molecule has 2 amide bonds. The van der Waals surface area contributed by atoms with E-state index < -0.39 is 18.3 Å². The molecule has 0 saturated carbocycles. The van der Waals surface area contributed by atoms with Gasteiger partial charge >= 0.3 is 0 Å². The summed E-state index contributed by atoms with van der Waals surface area (Å²) in [7, 11) is 1.73. The molecule has 0 aromatic heterocycles. The Kier molecular flexibility index (Phi) is 12.6. The third-order valence-electron chi connectivity index (χ3n) is 8.31. The standard InChI is InChI=1S/C32H49N5O3/c1-5-23(2)29(35-30(38)24(3)34-4)32(40)37-19-12-17-27(37)22-36(20-18-25-13-8-6-9-14-25)31(39)28(33)21-26-15-10-7-11-16-26/h6-11,13-16,23-24,27-29,31,34,39H,5,12,17-22,33H2,1-4H3,(H,35,38)/t23?,24-,27-,28+,29-,31?/m0/s1. The zero-order valence-electron chi connectivity index (χ0n) is 24.6. The van der Waals surface area contributed by atoms with E-state index in [4.69, 9.17) is 5.73 Å². The molecule has 0 bridgehead atoms. The van der Waals surface area contributed by atoms with Crippen molar-refractivity contribution in [3.8, 4) is 0 Å². The van der Waals surface area contributed by atoms with Crippen LogP contribution in [-0.2, 0) is 22.4 Å².